The van der Waals surface area contributed by atoms with Crippen LogP contribution in [0.5, 0.6) is 0 Å². The van der Waals surface area contributed by atoms with Crippen LogP contribution in [0.1, 0.15) is 11.3 Å². The Labute approximate surface area is 113 Å². The predicted molar refractivity (Wildman–Crippen MR) is 74.0 cm³/mol. The summed E-state index contributed by atoms with van der Waals surface area (Å²) >= 11 is 0. The van der Waals surface area contributed by atoms with E-state index in [9.17, 15) is 0 Å². The van der Waals surface area contributed by atoms with Gasteiger partial charge in [0.2, 0.25) is 0 Å². The third-order valence-electron chi connectivity index (χ3n) is 3.62. The lowest BCUT2D eigenvalue weighted by molar-refractivity contribution is 0.0383. The van der Waals surface area contributed by atoms with E-state index in [1.165, 1.54) is 0 Å². The molecule has 0 aromatic carbocycles. The van der Waals surface area contributed by atoms with E-state index in [-0.39, 0.29) is 0 Å². The van der Waals surface area contributed by atoms with Crippen molar-refractivity contribution in [3.8, 4) is 0 Å². The number of aromatic nitrogens is 2. The molecule has 0 radical (unpaired) electrons. The molecule has 2 N–H and O–H groups in total. The summed E-state index contributed by atoms with van der Waals surface area (Å²) in [6, 6.07) is 4.05. The Morgan fingerprint density at radius 2 is 2.16 bits per heavy atom. The van der Waals surface area contributed by atoms with Gasteiger partial charge in [-0.2, -0.15) is 0 Å². The van der Waals surface area contributed by atoms with Gasteiger partial charge in [-0.05, 0) is 6.07 Å². The van der Waals surface area contributed by atoms with Crippen molar-refractivity contribution in [1.82, 2.24) is 14.3 Å². The minimum absolute atomic E-state index is 0.532. The minimum Gasteiger partial charge on any atom is -0.379 e. The molecule has 0 aliphatic carbocycles. The number of morpholine rings is 1. The lowest BCUT2D eigenvalue weighted by Crippen LogP contribution is -2.37. The van der Waals surface area contributed by atoms with Crippen LogP contribution in [-0.2, 0) is 17.7 Å². The number of nitrogens with zero attached hydrogens (tertiary/aromatic N) is 3. The standard InChI is InChI=1S/C14H20N4O/c15-10-12-2-1-4-18-11-13(16-14(12)18)3-5-17-6-8-19-9-7-17/h1-2,4,11H,3,5-10,15H2. The molecule has 1 saturated heterocycles. The van der Waals surface area contributed by atoms with Gasteiger partial charge in [0.15, 0.2) is 0 Å². The Kier molecular flexibility index (Phi) is 3.77. The van der Waals surface area contributed by atoms with Crippen LogP contribution in [0.3, 0.4) is 0 Å². The molecular formula is C14H20N4O. The van der Waals surface area contributed by atoms with Crippen molar-refractivity contribution in [2.45, 2.75) is 13.0 Å². The third-order valence-corrected chi connectivity index (χ3v) is 3.62. The second-order valence-electron chi connectivity index (χ2n) is 4.90. The number of rotatable bonds is 4. The van der Waals surface area contributed by atoms with Crippen molar-refractivity contribution < 1.29 is 4.74 Å². The first-order valence-electron chi connectivity index (χ1n) is 6.82. The lowest BCUT2D eigenvalue weighted by atomic mass is 10.3. The van der Waals surface area contributed by atoms with Crippen molar-refractivity contribution in [3.63, 3.8) is 0 Å². The average Bonchev–Trinajstić information content (AvgIpc) is 2.89. The van der Waals surface area contributed by atoms with E-state index in [2.05, 4.69) is 15.5 Å². The summed E-state index contributed by atoms with van der Waals surface area (Å²) < 4.78 is 7.42. The van der Waals surface area contributed by atoms with Gasteiger partial charge in [0.05, 0.1) is 18.9 Å². The van der Waals surface area contributed by atoms with Crippen LogP contribution in [0.25, 0.3) is 5.65 Å². The van der Waals surface area contributed by atoms with Gasteiger partial charge in [-0.3, -0.25) is 4.90 Å². The Bertz CT molecular complexity index is 545. The summed E-state index contributed by atoms with van der Waals surface area (Å²) in [5.74, 6) is 0. The normalized spacial score (nSPS) is 17.1. The topological polar surface area (TPSA) is 55.8 Å². The van der Waals surface area contributed by atoms with Crippen LogP contribution < -0.4 is 5.73 Å². The quantitative estimate of drug-likeness (QED) is 0.878. The molecule has 0 saturated carbocycles. The highest BCUT2D eigenvalue weighted by Gasteiger charge is 2.11. The summed E-state index contributed by atoms with van der Waals surface area (Å²) in [4.78, 5) is 7.12. The zero-order chi connectivity index (χ0) is 13.1. The highest BCUT2D eigenvalue weighted by Crippen LogP contribution is 2.11. The van der Waals surface area contributed by atoms with Gasteiger partial charge in [0.25, 0.3) is 0 Å². The van der Waals surface area contributed by atoms with Gasteiger partial charge in [-0.25, -0.2) is 4.98 Å². The molecule has 0 spiro atoms. The first-order valence-corrected chi connectivity index (χ1v) is 6.82. The zero-order valence-corrected chi connectivity index (χ0v) is 11.1. The molecular weight excluding hydrogens is 240 g/mol. The molecule has 3 rings (SSSR count). The summed E-state index contributed by atoms with van der Waals surface area (Å²) in [5, 5.41) is 0. The Balaban J connectivity index is 1.70. The van der Waals surface area contributed by atoms with E-state index in [4.69, 9.17) is 15.5 Å². The number of hydrogen-bond donors (Lipinski definition) is 1. The minimum atomic E-state index is 0.532. The fourth-order valence-electron chi connectivity index (χ4n) is 2.50. The number of fused-ring (bicyclic) bond motifs is 1. The molecule has 0 atom stereocenters. The van der Waals surface area contributed by atoms with Crippen molar-refractivity contribution in [2.24, 2.45) is 5.73 Å². The summed E-state index contributed by atoms with van der Waals surface area (Å²) in [6.45, 7) is 5.34. The van der Waals surface area contributed by atoms with Crippen molar-refractivity contribution in [3.05, 3.63) is 35.8 Å². The first-order chi connectivity index (χ1) is 9.36. The lowest BCUT2D eigenvalue weighted by Gasteiger charge is -2.26. The molecule has 1 aliphatic rings. The van der Waals surface area contributed by atoms with Crippen LogP contribution in [0.15, 0.2) is 24.5 Å². The molecule has 2 aromatic rings. The fraction of sp³-hybridized carbons (Fsp3) is 0.500. The highest BCUT2D eigenvalue weighted by molar-refractivity contribution is 5.48. The Morgan fingerprint density at radius 3 is 2.95 bits per heavy atom. The SMILES string of the molecule is NCc1cccn2cc(CCN3CCOCC3)nc12. The van der Waals surface area contributed by atoms with E-state index < -0.39 is 0 Å². The monoisotopic (exact) mass is 260 g/mol. The number of ether oxygens (including phenoxy) is 1. The van der Waals surface area contributed by atoms with E-state index >= 15 is 0 Å². The zero-order valence-electron chi connectivity index (χ0n) is 11.1. The smallest absolute Gasteiger partial charge is 0.141 e. The molecule has 3 heterocycles. The average molecular weight is 260 g/mol. The molecule has 0 unspecified atom stereocenters. The maximum absolute atomic E-state index is 5.74. The van der Waals surface area contributed by atoms with E-state index in [0.717, 1.165) is 56.2 Å². The molecule has 102 valence electrons. The van der Waals surface area contributed by atoms with Gasteiger partial charge < -0.3 is 14.9 Å². The summed E-state index contributed by atoms with van der Waals surface area (Å²) in [7, 11) is 0. The molecule has 1 aliphatic heterocycles. The van der Waals surface area contributed by atoms with Crippen molar-refractivity contribution in [2.75, 3.05) is 32.8 Å². The van der Waals surface area contributed by atoms with Gasteiger partial charge >= 0.3 is 0 Å². The number of pyridine rings is 1. The van der Waals surface area contributed by atoms with Gasteiger partial charge in [-0.15, -0.1) is 0 Å². The molecule has 5 nitrogen and oxygen atoms in total. The molecule has 0 bridgehead atoms. The Hall–Kier alpha value is -1.43. The van der Waals surface area contributed by atoms with E-state index in [0.29, 0.717) is 6.54 Å². The van der Waals surface area contributed by atoms with Crippen molar-refractivity contribution in [1.29, 1.82) is 0 Å². The summed E-state index contributed by atoms with van der Waals surface area (Å²) in [5.41, 5.74) is 8.96. The van der Waals surface area contributed by atoms with Crippen LogP contribution in [0, 0.1) is 0 Å². The molecule has 5 heteroatoms. The van der Waals surface area contributed by atoms with Gasteiger partial charge in [-0.1, -0.05) is 6.07 Å². The molecule has 19 heavy (non-hydrogen) atoms. The van der Waals surface area contributed by atoms with Crippen LogP contribution in [0.4, 0.5) is 0 Å². The van der Waals surface area contributed by atoms with E-state index in [1.54, 1.807) is 0 Å². The maximum Gasteiger partial charge on any atom is 0.141 e. The van der Waals surface area contributed by atoms with Gasteiger partial charge in [0.1, 0.15) is 5.65 Å². The number of imidazole rings is 1. The van der Waals surface area contributed by atoms with Crippen LogP contribution in [0.2, 0.25) is 0 Å². The molecule has 1 fully saturated rings. The first kappa shape index (κ1) is 12.6. The predicted octanol–water partition coefficient (Wildman–Crippen LogP) is 0.668. The maximum atomic E-state index is 5.74. The molecule has 0 amide bonds. The van der Waals surface area contributed by atoms with E-state index in [1.807, 2.05) is 18.3 Å². The third kappa shape index (κ3) is 2.78. The Morgan fingerprint density at radius 1 is 1.32 bits per heavy atom. The highest BCUT2D eigenvalue weighted by atomic mass is 16.5. The fourth-order valence-corrected chi connectivity index (χ4v) is 2.50. The number of nitrogens with two attached hydrogens (primary N) is 1. The summed E-state index contributed by atoms with van der Waals surface area (Å²) in [6.07, 6.45) is 5.11. The van der Waals surface area contributed by atoms with Crippen molar-refractivity contribution >= 4 is 5.65 Å². The van der Waals surface area contributed by atoms with Gasteiger partial charge in [0, 0.05) is 50.6 Å². The largest absolute Gasteiger partial charge is 0.379 e. The van der Waals surface area contributed by atoms with Crippen LogP contribution >= 0.6 is 0 Å². The number of hydrogen-bond acceptors (Lipinski definition) is 4. The second-order valence-corrected chi connectivity index (χ2v) is 4.90. The molecule has 2 aromatic heterocycles. The second kappa shape index (κ2) is 5.69. The van der Waals surface area contributed by atoms with Crippen LogP contribution in [-0.4, -0.2) is 47.1 Å².